The highest BCUT2D eigenvalue weighted by Crippen LogP contribution is 2.44. The lowest BCUT2D eigenvalue weighted by Gasteiger charge is -2.18. The van der Waals surface area contributed by atoms with E-state index in [2.05, 4.69) is 146 Å². The molecule has 0 saturated heterocycles. The second-order valence-electron chi connectivity index (χ2n) is 11.3. The lowest BCUT2D eigenvalue weighted by molar-refractivity contribution is 0.668. The van der Waals surface area contributed by atoms with E-state index >= 15 is 0 Å². The second-order valence-corrected chi connectivity index (χ2v) is 11.3. The number of hydrogen-bond acceptors (Lipinski definition) is 1. The van der Waals surface area contributed by atoms with Crippen LogP contribution in [0.25, 0.3) is 89.0 Å². The maximum Gasteiger partial charge on any atom is 0.143 e. The molecule has 44 heavy (non-hydrogen) atoms. The molecular weight excluding hydrogens is 532 g/mol. The highest BCUT2D eigenvalue weighted by molar-refractivity contribution is 6.21. The first kappa shape index (κ1) is 26.0. The van der Waals surface area contributed by atoms with E-state index in [9.17, 15) is 0 Å². The van der Waals surface area contributed by atoms with Gasteiger partial charge in [0, 0.05) is 16.3 Å². The Bertz CT molecular complexity index is 2350. The van der Waals surface area contributed by atoms with Crippen molar-refractivity contribution in [1.29, 1.82) is 0 Å². The molecule has 0 aliphatic rings. The lowest BCUT2D eigenvalue weighted by Crippen LogP contribution is -1.91. The zero-order chi connectivity index (χ0) is 29.6. The monoisotopic (exact) mass is 562 g/mol. The van der Waals surface area contributed by atoms with Gasteiger partial charge in [0.15, 0.2) is 0 Å². The van der Waals surface area contributed by atoms with Crippen LogP contribution in [0.2, 0.25) is 0 Å². The normalized spacial score (nSPS) is 11.8. The fourth-order valence-corrected chi connectivity index (χ4v) is 6.80. The number of allylic oxidation sites excluding steroid dienone is 1. The maximum atomic E-state index is 6.50. The van der Waals surface area contributed by atoms with Crippen LogP contribution in [0.15, 0.2) is 151 Å². The standard InChI is InChI=1S/C43H30O/c1-3-13-28-22-25-39-34-24-23-31(27-40(34)44-43(39)33(28)4-2)30-16-12-17-32(26-30)42-37-20-10-8-18-35(37)41(29-14-6-5-7-15-29)36-19-9-11-21-38(36)42/h3-27H,2H2,1H3/b13-3-. The summed E-state index contributed by atoms with van der Waals surface area (Å²) in [7, 11) is 0. The predicted octanol–water partition coefficient (Wildman–Crippen LogP) is 12.6. The number of rotatable bonds is 5. The highest BCUT2D eigenvalue weighted by atomic mass is 16.3. The van der Waals surface area contributed by atoms with Crippen LogP contribution >= 0.6 is 0 Å². The number of furan rings is 1. The summed E-state index contributed by atoms with van der Waals surface area (Å²) in [6, 6.07) is 48.1. The fourth-order valence-electron chi connectivity index (χ4n) is 6.80. The number of hydrogen-bond donors (Lipinski definition) is 0. The van der Waals surface area contributed by atoms with Gasteiger partial charge >= 0.3 is 0 Å². The first-order valence-corrected chi connectivity index (χ1v) is 15.1. The van der Waals surface area contributed by atoms with Gasteiger partial charge in [-0.2, -0.15) is 0 Å². The van der Waals surface area contributed by atoms with Crippen molar-refractivity contribution in [3.63, 3.8) is 0 Å². The summed E-state index contributed by atoms with van der Waals surface area (Å²) in [4.78, 5) is 0. The lowest BCUT2D eigenvalue weighted by atomic mass is 9.85. The second kappa shape index (κ2) is 10.6. The summed E-state index contributed by atoms with van der Waals surface area (Å²) in [5.74, 6) is 0. The van der Waals surface area contributed by atoms with Crippen molar-refractivity contribution in [3.05, 3.63) is 157 Å². The van der Waals surface area contributed by atoms with Crippen LogP contribution < -0.4 is 0 Å². The summed E-state index contributed by atoms with van der Waals surface area (Å²) in [6.07, 6.45) is 6.03. The minimum absolute atomic E-state index is 0.881. The number of benzene rings is 7. The third-order valence-corrected chi connectivity index (χ3v) is 8.74. The van der Waals surface area contributed by atoms with Crippen molar-refractivity contribution in [1.82, 2.24) is 0 Å². The van der Waals surface area contributed by atoms with Gasteiger partial charge in [-0.3, -0.25) is 0 Å². The minimum Gasteiger partial charge on any atom is -0.455 e. The molecule has 1 nitrogen and oxygen atoms in total. The summed E-state index contributed by atoms with van der Waals surface area (Å²) in [5, 5.41) is 7.25. The molecule has 0 saturated carbocycles. The molecule has 0 N–H and O–H groups in total. The summed E-state index contributed by atoms with van der Waals surface area (Å²) in [5.41, 5.74) is 11.2. The van der Waals surface area contributed by atoms with Gasteiger partial charge in [0.2, 0.25) is 0 Å². The summed E-state index contributed by atoms with van der Waals surface area (Å²) >= 11 is 0. The van der Waals surface area contributed by atoms with E-state index in [0.717, 1.165) is 44.2 Å². The molecule has 0 radical (unpaired) electrons. The summed E-state index contributed by atoms with van der Waals surface area (Å²) in [6.45, 7) is 6.10. The molecule has 0 atom stereocenters. The van der Waals surface area contributed by atoms with Gasteiger partial charge in [-0.1, -0.05) is 134 Å². The Morgan fingerprint density at radius 2 is 1.07 bits per heavy atom. The van der Waals surface area contributed by atoms with E-state index in [1.165, 1.54) is 43.8 Å². The zero-order valence-corrected chi connectivity index (χ0v) is 24.5. The highest BCUT2D eigenvalue weighted by Gasteiger charge is 2.17. The van der Waals surface area contributed by atoms with Gasteiger partial charge in [-0.05, 0) is 91.7 Å². The smallest absolute Gasteiger partial charge is 0.143 e. The van der Waals surface area contributed by atoms with E-state index in [1.807, 2.05) is 19.1 Å². The molecule has 1 heteroatoms. The van der Waals surface area contributed by atoms with Gasteiger partial charge in [0.05, 0.1) is 0 Å². The average Bonchev–Trinajstić information content (AvgIpc) is 3.45. The van der Waals surface area contributed by atoms with E-state index in [-0.39, 0.29) is 0 Å². The first-order chi connectivity index (χ1) is 21.7. The fraction of sp³-hybridized carbons (Fsp3) is 0.0233. The topological polar surface area (TPSA) is 13.1 Å². The third-order valence-electron chi connectivity index (χ3n) is 8.74. The van der Waals surface area contributed by atoms with Crippen LogP contribution in [0.4, 0.5) is 0 Å². The Hall–Kier alpha value is -5.66. The number of fused-ring (bicyclic) bond motifs is 5. The molecule has 0 fully saturated rings. The van der Waals surface area contributed by atoms with Crippen molar-refractivity contribution >= 4 is 55.6 Å². The maximum absolute atomic E-state index is 6.50. The Morgan fingerprint density at radius 3 is 1.73 bits per heavy atom. The van der Waals surface area contributed by atoms with E-state index in [0.29, 0.717) is 0 Å². The van der Waals surface area contributed by atoms with Gasteiger partial charge in [0.1, 0.15) is 11.2 Å². The Kier molecular flexibility index (Phi) is 6.24. The van der Waals surface area contributed by atoms with Crippen LogP contribution in [-0.4, -0.2) is 0 Å². The van der Waals surface area contributed by atoms with Crippen molar-refractivity contribution in [2.24, 2.45) is 0 Å². The van der Waals surface area contributed by atoms with Crippen LogP contribution in [0.1, 0.15) is 18.1 Å². The van der Waals surface area contributed by atoms with E-state index in [4.69, 9.17) is 4.42 Å². The van der Waals surface area contributed by atoms with Gasteiger partial charge < -0.3 is 4.42 Å². The summed E-state index contributed by atoms with van der Waals surface area (Å²) < 4.78 is 6.50. The van der Waals surface area contributed by atoms with Gasteiger partial charge in [-0.15, -0.1) is 0 Å². The van der Waals surface area contributed by atoms with Crippen LogP contribution in [0, 0.1) is 0 Å². The van der Waals surface area contributed by atoms with Crippen LogP contribution in [0.5, 0.6) is 0 Å². The Labute approximate surface area is 257 Å². The first-order valence-electron chi connectivity index (χ1n) is 15.1. The molecule has 7 aromatic carbocycles. The zero-order valence-electron chi connectivity index (χ0n) is 24.5. The van der Waals surface area contributed by atoms with Crippen molar-refractivity contribution in [2.45, 2.75) is 6.92 Å². The largest absolute Gasteiger partial charge is 0.455 e. The third kappa shape index (κ3) is 4.09. The molecule has 8 aromatic rings. The average molecular weight is 563 g/mol. The molecule has 0 amide bonds. The van der Waals surface area contributed by atoms with Crippen LogP contribution in [0.3, 0.4) is 0 Å². The van der Waals surface area contributed by atoms with Crippen LogP contribution in [-0.2, 0) is 0 Å². The SMILES string of the molecule is C=Cc1c(/C=C\C)ccc2c1oc1cc(-c3cccc(-c4c5ccccc5c(-c5ccccc5)c5ccccc45)c3)ccc12. The van der Waals surface area contributed by atoms with Gasteiger partial charge in [0.25, 0.3) is 0 Å². The Morgan fingerprint density at radius 1 is 0.500 bits per heavy atom. The predicted molar refractivity (Wildman–Crippen MR) is 190 cm³/mol. The van der Waals surface area contributed by atoms with E-state index < -0.39 is 0 Å². The minimum atomic E-state index is 0.881. The molecule has 0 spiro atoms. The molecule has 0 bridgehead atoms. The van der Waals surface area contributed by atoms with E-state index in [1.54, 1.807) is 0 Å². The molecular formula is C43H30O. The van der Waals surface area contributed by atoms with Gasteiger partial charge in [-0.25, -0.2) is 0 Å². The quantitative estimate of drug-likeness (QED) is 0.190. The van der Waals surface area contributed by atoms with Crippen molar-refractivity contribution < 1.29 is 4.42 Å². The molecule has 0 aliphatic heterocycles. The molecule has 0 aliphatic carbocycles. The molecule has 1 heterocycles. The molecule has 8 rings (SSSR count). The molecule has 0 unspecified atom stereocenters. The Balaban J connectivity index is 1.33. The van der Waals surface area contributed by atoms with Crippen molar-refractivity contribution in [3.8, 4) is 33.4 Å². The van der Waals surface area contributed by atoms with Crippen molar-refractivity contribution in [2.75, 3.05) is 0 Å². The molecule has 208 valence electrons. The molecule has 1 aromatic heterocycles.